The Balaban J connectivity index is 1.37. The highest BCUT2D eigenvalue weighted by Crippen LogP contribution is 2.31. The predicted octanol–water partition coefficient (Wildman–Crippen LogP) is 4.67. The number of carbonyl (C=O) groups is 1. The molecular formula is C25H28N4O2. The van der Waals surface area contributed by atoms with Gasteiger partial charge in [0, 0.05) is 31.4 Å². The molecule has 6 nitrogen and oxygen atoms in total. The van der Waals surface area contributed by atoms with Crippen LogP contribution < -0.4 is 15.0 Å². The van der Waals surface area contributed by atoms with Crippen molar-refractivity contribution in [3.63, 3.8) is 0 Å². The Labute approximate surface area is 183 Å². The number of anilines is 1. The van der Waals surface area contributed by atoms with Crippen molar-refractivity contribution >= 4 is 11.7 Å². The third kappa shape index (κ3) is 5.20. The summed E-state index contributed by atoms with van der Waals surface area (Å²) in [5.74, 6) is 2.08. The first-order chi connectivity index (χ1) is 15.1. The number of aromatic nitrogens is 2. The summed E-state index contributed by atoms with van der Waals surface area (Å²) in [4.78, 5) is 23.9. The molecule has 0 bridgehead atoms. The molecule has 1 aliphatic rings. The summed E-state index contributed by atoms with van der Waals surface area (Å²) in [6.45, 7) is 5.52. The lowest BCUT2D eigenvalue weighted by atomic mass is 9.95. The molecule has 0 unspecified atom stereocenters. The molecule has 1 aliphatic heterocycles. The van der Waals surface area contributed by atoms with Gasteiger partial charge < -0.3 is 15.0 Å². The molecule has 1 N–H and O–H groups in total. The lowest BCUT2D eigenvalue weighted by molar-refractivity contribution is -0.126. The number of hydrogen-bond donors (Lipinski definition) is 1. The molecule has 0 radical (unpaired) electrons. The monoisotopic (exact) mass is 416 g/mol. The maximum atomic E-state index is 12.8. The Hall–Kier alpha value is -3.41. The van der Waals surface area contributed by atoms with Crippen molar-refractivity contribution in [2.24, 2.45) is 5.92 Å². The molecule has 31 heavy (non-hydrogen) atoms. The zero-order valence-corrected chi connectivity index (χ0v) is 18.0. The number of benzene rings is 2. The van der Waals surface area contributed by atoms with Gasteiger partial charge in [-0.2, -0.15) is 0 Å². The molecule has 0 spiro atoms. The highest BCUT2D eigenvalue weighted by Gasteiger charge is 2.28. The normalized spacial score (nSPS) is 15.4. The van der Waals surface area contributed by atoms with Crippen LogP contribution in [0, 0.1) is 12.8 Å². The summed E-state index contributed by atoms with van der Waals surface area (Å²) in [5, 5.41) is 3.16. The number of rotatable bonds is 6. The van der Waals surface area contributed by atoms with Crippen LogP contribution in [0.5, 0.6) is 11.6 Å². The average Bonchev–Trinajstić information content (AvgIpc) is 2.80. The Kier molecular flexibility index (Phi) is 6.46. The fourth-order valence-electron chi connectivity index (χ4n) is 3.91. The summed E-state index contributed by atoms with van der Waals surface area (Å²) in [5.41, 5.74) is 2.24. The van der Waals surface area contributed by atoms with Crippen LogP contribution in [0.2, 0.25) is 0 Å². The van der Waals surface area contributed by atoms with E-state index in [1.165, 1.54) is 0 Å². The molecule has 1 amide bonds. The second-order valence-corrected chi connectivity index (χ2v) is 8.01. The minimum atomic E-state index is 0.000208. The minimum Gasteiger partial charge on any atom is -0.436 e. The molecule has 4 rings (SSSR count). The molecule has 0 aliphatic carbocycles. The highest BCUT2D eigenvalue weighted by atomic mass is 16.5. The van der Waals surface area contributed by atoms with E-state index in [9.17, 15) is 4.79 Å². The van der Waals surface area contributed by atoms with E-state index in [4.69, 9.17) is 4.74 Å². The van der Waals surface area contributed by atoms with Gasteiger partial charge in [-0.3, -0.25) is 4.79 Å². The third-order valence-electron chi connectivity index (χ3n) is 5.67. The highest BCUT2D eigenvalue weighted by molar-refractivity contribution is 5.79. The number of hydrogen-bond acceptors (Lipinski definition) is 5. The number of carbonyl (C=O) groups excluding carboxylic acids is 1. The van der Waals surface area contributed by atoms with E-state index in [-0.39, 0.29) is 17.9 Å². The molecule has 1 saturated heterocycles. The van der Waals surface area contributed by atoms with Gasteiger partial charge >= 0.3 is 0 Å². The second-order valence-electron chi connectivity index (χ2n) is 8.01. The molecular weight excluding hydrogens is 388 g/mol. The van der Waals surface area contributed by atoms with Crippen molar-refractivity contribution in [2.45, 2.75) is 32.7 Å². The van der Waals surface area contributed by atoms with Crippen molar-refractivity contribution in [3.05, 3.63) is 78.1 Å². The maximum absolute atomic E-state index is 12.8. The van der Waals surface area contributed by atoms with E-state index in [0.29, 0.717) is 5.88 Å². The van der Waals surface area contributed by atoms with Gasteiger partial charge in [0.1, 0.15) is 5.75 Å². The van der Waals surface area contributed by atoms with E-state index in [0.717, 1.165) is 48.6 Å². The van der Waals surface area contributed by atoms with Gasteiger partial charge in [0.05, 0.1) is 6.04 Å². The van der Waals surface area contributed by atoms with Gasteiger partial charge in [-0.05, 0) is 49.9 Å². The Morgan fingerprint density at radius 2 is 1.81 bits per heavy atom. The fourth-order valence-corrected chi connectivity index (χ4v) is 3.91. The SMILES string of the molecule is Cc1cccc(Oc2nccnc2N2CCC(C(=O)N[C@H](C)c3ccccc3)CC2)c1. The average molecular weight is 417 g/mol. The molecule has 2 heterocycles. The molecule has 6 heteroatoms. The fraction of sp³-hybridized carbons (Fsp3) is 0.320. The van der Waals surface area contributed by atoms with Crippen LogP contribution in [0.15, 0.2) is 67.0 Å². The lowest BCUT2D eigenvalue weighted by Crippen LogP contribution is -2.41. The molecule has 1 atom stereocenters. The maximum Gasteiger partial charge on any atom is 0.263 e. The van der Waals surface area contributed by atoms with Gasteiger partial charge in [-0.25, -0.2) is 9.97 Å². The quantitative estimate of drug-likeness (QED) is 0.632. The van der Waals surface area contributed by atoms with E-state index >= 15 is 0 Å². The molecule has 160 valence electrons. The summed E-state index contributed by atoms with van der Waals surface area (Å²) >= 11 is 0. The molecule has 0 saturated carbocycles. The van der Waals surface area contributed by atoms with Gasteiger partial charge in [0.2, 0.25) is 5.91 Å². The van der Waals surface area contributed by atoms with Crippen LogP contribution in [0.3, 0.4) is 0 Å². The van der Waals surface area contributed by atoms with Crippen molar-refractivity contribution < 1.29 is 9.53 Å². The van der Waals surface area contributed by atoms with E-state index in [1.807, 2.05) is 68.4 Å². The van der Waals surface area contributed by atoms with Crippen LogP contribution in [0.25, 0.3) is 0 Å². The van der Waals surface area contributed by atoms with E-state index < -0.39 is 0 Å². The second kappa shape index (κ2) is 9.60. The Morgan fingerprint density at radius 3 is 2.55 bits per heavy atom. The standard InChI is InChI=1S/C25H28N4O2/c1-18-7-6-10-22(17-18)31-25-23(26-13-14-27-25)29-15-11-21(12-16-29)24(30)28-19(2)20-8-4-3-5-9-20/h3-10,13-14,17,19,21H,11-12,15-16H2,1-2H3,(H,28,30)/t19-/m1/s1. The number of piperidine rings is 1. The van der Waals surface area contributed by atoms with Crippen LogP contribution in [0.4, 0.5) is 5.82 Å². The molecule has 3 aromatic rings. The number of ether oxygens (including phenoxy) is 1. The van der Waals surface area contributed by atoms with Crippen LogP contribution in [0.1, 0.15) is 36.9 Å². The van der Waals surface area contributed by atoms with Crippen molar-refractivity contribution in [1.29, 1.82) is 0 Å². The van der Waals surface area contributed by atoms with Crippen molar-refractivity contribution in [2.75, 3.05) is 18.0 Å². The van der Waals surface area contributed by atoms with E-state index in [1.54, 1.807) is 12.4 Å². The Bertz CT molecular complexity index is 1020. The van der Waals surface area contributed by atoms with Crippen molar-refractivity contribution in [1.82, 2.24) is 15.3 Å². The summed E-state index contributed by atoms with van der Waals surface area (Å²) in [7, 11) is 0. The summed E-state index contributed by atoms with van der Waals surface area (Å²) in [6, 6.07) is 17.9. The first-order valence-corrected chi connectivity index (χ1v) is 10.8. The number of aryl methyl sites for hydroxylation is 1. The van der Waals surface area contributed by atoms with E-state index in [2.05, 4.69) is 20.2 Å². The molecule has 1 aromatic heterocycles. The third-order valence-corrected chi connectivity index (χ3v) is 5.67. The first-order valence-electron chi connectivity index (χ1n) is 10.8. The largest absolute Gasteiger partial charge is 0.436 e. The Morgan fingerprint density at radius 1 is 1.06 bits per heavy atom. The van der Waals surface area contributed by atoms with Crippen LogP contribution in [-0.2, 0) is 4.79 Å². The lowest BCUT2D eigenvalue weighted by Gasteiger charge is -2.33. The smallest absolute Gasteiger partial charge is 0.263 e. The zero-order valence-electron chi connectivity index (χ0n) is 18.0. The summed E-state index contributed by atoms with van der Waals surface area (Å²) in [6.07, 6.45) is 4.86. The number of amides is 1. The first kappa shape index (κ1) is 20.8. The van der Waals surface area contributed by atoms with Gasteiger partial charge in [0.25, 0.3) is 5.88 Å². The predicted molar refractivity (Wildman–Crippen MR) is 121 cm³/mol. The summed E-state index contributed by atoms with van der Waals surface area (Å²) < 4.78 is 6.02. The van der Waals surface area contributed by atoms with Crippen molar-refractivity contribution in [3.8, 4) is 11.6 Å². The van der Waals surface area contributed by atoms with Crippen LogP contribution >= 0.6 is 0 Å². The zero-order chi connectivity index (χ0) is 21.6. The van der Waals surface area contributed by atoms with Crippen LogP contribution in [-0.4, -0.2) is 29.0 Å². The number of nitrogens with one attached hydrogen (secondary N) is 1. The topological polar surface area (TPSA) is 67.4 Å². The number of nitrogens with zero attached hydrogens (tertiary/aromatic N) is 3. The minimum absolute atomic E-state index is 0.000208. The van der Waals surface area contributed by atoms with Gasteiger partial charge in [-0.1, -0.05) is 42.5 Å². The van der Waals surface area contributed by atoms with Gasteiger partial charge in [-0.15, -0.1) is 0 Å². The molecule has 2 aromatic carbocycles. The van der Waals surface area contributed by atoms with Gasteiger partial charge in [0.15, 0.2) is 5.82 Å². The molecule has 1 fully saturated rings.